The second kappa shape index (κ2) is 4.23. The summed E-state index contributed by atoms with van der Waals surface area (Å²) in [4.78, 5) is 3.69. The molecule has 0 bridgehead atoms. The third kappa shape index (κ3) is 2.85. The van der Waals surface area contributed by atoms with Crippen LogP contribution in [0.5, 0.6) is 0 Å². The molecular formula is C9H8F3NO. The molecule has 1 heterocycles. The van der Waals surface area contributed by atoms with Gasteiger partial charge in [0.25, 0.3) is 0 Å². The minimum Gasteiger partial charge on any atom is -0.392 e. The normalized spacial score (nSPS) is 12.3. The molecular weight excluding hydrogens is 195 g/mol. The first-order valence-electron chi connectivity index (χ1n) is 3.84. The molecule has 76 valence electrons. The zero-order valence-electron chi connectivity index (χ0n) is 7.12. The number of pyridine rings is 1. The predicted octanol–water partition coefficient (Wildman–Crippen LogP) is 2.11. The molecule has 0 amide bonds. The zero-order valence-corrected chi connectivity index (χ0v) is 7.12. The maximum atomic E-state index is 12.2. The van der Waals surface area contributed by atoms with E-state index in [4.69, 9.17) is 5.11 Å². The Morgan fingerprint density at radius 3 is 2.71 bits per heavy atom. The smallest absolute Gasteiger partial charge is 0.392 e. The molecule has 1 aromatic rings. The van der Waals surface area contributed by atoms with Crippen molar-refractivity contribution in [1.29, 1.82) is 0 Å². The second-order valence-electron chi connectivity index (χ2n) is 2.55. The van der Waals surface area contributed by atoms with Crippen molar-refractivity contribution >= 4 is 6.08 Å². The van der Waals surface area contributed by atoms with Crippen molar-refractivity contribution in [3.05, 3.63) is 35.7 Å². The average Bonchev–Trinajstić information content (AvgIpc) is 2.14. The molecule has 1 N–H and O–H groups in total. The van der Waals surface area contributed by atoms with Crippen LogP contribution in [0.3, 0.4) is 0 Å². The summed E-state index contributed by atoms with van der Waals surface area (Å²) in [6, 6.07) is 1.82. The molecule has 1 rings (SSSR count). The number of hydrogen-bond donors (Lipinski definition) is 1. The molecule has 2 nitrogen and oxygen atoms in total. The number of alkyl halides is 3. The number of aliphatic hydroxyl groups is 1. The van der Waals surface area contributed by atoms with Gasteiger partial charge in [0, 0.05) is 6.20 Å². The minimum absolute atomic E-state index is 0.175. The Labute approximate surface area is 78.7 Å². The van der Waals surface area contributed by atoms with E-state index >= 15 is 0 Å². The van der Waals surface area contributed by atoms with Crippen LogP contribution in [0.15, 0.2) is 24.4 Å². The van der Waals surface area contributed by atoms with Gasteiger partial charge in [-0.2, -0.15) is 13.2 Å². The third-order valence-electron chi connectivity index (χ3n) is 1.50. The van der Waals surface area contributed by atoms with Crippen LogP contribution in [-0.4, -0.2) is 16.7 Å². The van der Waals surface area contributed by atoms with Crippen LogP contribution in [0.1, 0.15) is 11.3 Å². The maximum Gasteiger partial charge on any atom is 0.416 e. The minimum atomic E-state index is -4.36. The molecule has 14 heavy (non-hydrogen) atoms. The van der Waals surface area contributed by atoms with Crippen molar-refractivity contribution in [2.24, 2.45) is 0 Å². The van der Waals surface area contributed by atoms with E-state index in [-0.39, 0.29) is 12.3 Å². The van der Waals surface area contributed by atoms with Gasteiger partial charge in [0.05, 0.1) is 17.9 Å². The van der Waals surface area contributed by atoms with Gasteiger partial charge < -0.3 is 5.11 Å². The molecule has 0 spiro atoms. The van der Waals surface area contributed by atoms with Crippen LogP contribution < -0.4 is 0 Å². The highest BCUT2D eigenvalue weighted by atomic mass is 19.4. The van der Waals surface area contributed by atoms with Crippen molar-refractivity contribution in [3.63, 3.8) is 0 Å². The topological polar surface area (TPSA) is 33.1 Å². The van der Waals surface area contributed by atoms with E-state index in [0.29, 0.717) is 0 Å². The summed E-state index contributed by atoms with van der Waals surface area (Å²) in [7, 11) is 0. The fourth-order valence-electron chi connectivity index (χ4n) is 0.889. The van der Waals surface area contributed by atoms with Crippen LogP contribution in [0.25, 0.3) is 6.08 Å². The molecule has 0 radical (unpaired) electrons. The lowest BCUT2D eigenvalue weighted by molar-refractivity contribution is -0.137. The van der Waals surface area contributed by atoms with Gasteiger partial charge in [-0.3, -0.25) is 4.98 Å². The van der Waals surface area contributed by atoms with E-state index in [1.165, 1.54) is 12.2 Å². The molecule has 0 aliphatic heterocycles. The summed E-state index contributed by atoms with van der Waals surface area (Å²) in [6.45, 7) is -0.224. The molecule has 0 aromatic carbocycles. The van der Waals surface area contributed by atoms with Gasteiger partial charge in [-0.05, 0) is 18.2 Å². The monoisotopic (exact) mass is 203 g/mol. The van der Waals surface area contributed by atoms with Gasteiger partial charge in [0.2, 0.25) is 0 Å². The van der Waals surface area contributed by atoms with Crippen LogP contribution in [-0.2, 0) is 6.18 Å². The first-order valence-corrected chi connectivity index (χ1v) is 3.84. The second-order valence-corrected chi connectivity index (χ2v) is 2.55. The number of nitrogens with zero attached hydrogens (tertiary/aromatic N) is 1. The van der Waals surface area contributed by atoms with Crippen LogP contribution in [0.2, 0.25) is 0 Å². The first kappa shape index (κ1) is 10.7. The van der Waals surface area contributed by atoms with Gasteiger partial charge in [0.15, 0.2) is 0 Å². The van der Waals surface area contributed by atoms with E-state index in [2.05, 4.69) is 4.98 Å². The highest BCUT2D eigenvalue weighted by molar-refractivity contribution is 5.45. The Kier molecular flexibility index (Phi) is 3.24. The SMILES string of the molecule is OCC=Cc1cc(C(F)(F)F)ccn1. The summed E-state index contributed by atoms with van der Waals surface area (Å²) in [5.74, 6) is 0. The molecule has 0 aliphatic carbocycles. The van der Waals surface area contributed by atoms with Crippen molar-refractivity contribution in [1.82, 2.24) is 4.98 Å². The molecule has 0 unspecified atom stereocenters. The third-order valence-corrected chi connectivity index (χ3v) is 1.50. The van der Waals surface area contributed by atoms with Gasteiger partial charge in [0.1, 0.15) is 0 Å². The Morgan fingerprint density at radius 1 is 1.43 bits per heavy atom. The molecule has 5 heteroatoms. The van der Waals surface area contributed by atoms with Crippen LogP contribution in [0, 0.1) is 0 Å². The molecule has 1 aromatic heterocycles. The largest absolute Gasteiger partial charge is 0.416 e. The lowest BCUT2D eigenvalue weighted by Crippen LogP contribution is -2.05. The lowest BCUT2D eigenvalue weighted by atomic mass is 10.2. The molecule has 0 atom stereocenters. The highest BCUT2D eigenvalue weighted by Gasteiger charge is 2.30. The Morgan fingerprint density at radius 2 is 2.14 bits per heavy atom. The maximum absolute atomic E-state index is 12.2. The number of halogens is 3. The molecule has 0 saturated heterocycles. The summed E-state index contributed by atoms with van der Waals surface area (Å²) in [6.07, 6.45) is -0.623. The quantitative estimate of drug-likeness (QED) is 0.798. The summed E-state index contributed by atoms with van der Waals surface area (Å²) in [5.41, 5.74) is -0.570. The first-order chi connectivity index (χ1) is 6.54. The van der Waals surface area contributed by atoms with E-state index in [1.807, 2.05) is 0 Å². The van der Waals surface area contributed by atoms with Gasteiger partial charge in [-0.25, -0.2) is 0 Å². The van der Waals surface area contributed by atoms with Crippen LogP contribution in [0.4, 0.5) is 13.2 Å². The number of hydrogen-bond acceptors (Lipinski definition) is 2. The number of rotatable bonds is 2. The highest BCUT2D eigenvalue weighted by Crippen LogP contribution is 2.29. The summed E-state index contributed by atoms with van der Waals surface area (Å²) in [5, 5.41) is 8.42. The fraction of sp³-hybridized carbons (Fsp3) is 0.222. The van der Waals surface area contributed by atoms with E-state index in [0.717, 1.165) is 18.3 Å². The summed E-state index contributed by atoms with van der Waals surface area (Å²) < 4.78 is 36.6. The zero-order chi connectivity index (χ0) is 10.6. The van der Waals surface area contributed by atoms with Gasteiger partial charge in [-0.15, -0.1) is 0 Å². The van der Waals surface area contributed by atoms with E-state index in [9.17, 15) is 13.2 Å². The van der Waals surface area contributed by atoms with Gasteiger partial charge >= 0.3 is 6.18 Å². The van der Waals surface area contributed by atoms with Crippen LogP contribution >= 0.6 is 0 Å². The standard InChI is InChI=1S/C9H8F3NO/c10-9(11,12)7-3-4-13-8(6-7)2-1-5-14/h1-4,6,14H,5H2. The van der Waals surface area contributed by atoms with Crippen molar-refractivity contribution in [3.8, 4) is 0 Å². The lowest BCUT2D eigenvalue weighted by Gasteiger charge is -2.05. The fourth-order valence-corrected chi connectivity index (χ4v) is 0.889. The summed E-state index contributed by atoms with van der Waals surface area (Å²) >= 11 is 0. The number of aromatic nitrogens is 1. The Balaban J connectivity index is 2.96. The average molecular weight is 203 g/mol. The molecule has 0 fully saturated rings. The van der Waals surface area contributed by atoms with E-state index < -0.39 is 11.7 Å². The van der Waals surface area contributed by atoms with E-state index in [1.54, 1.807) is 0 Å². The van der Waals surface area contributed by atoms with Gasteiger partial charge in [-0.1, -0.05) is 6.08 Å². The van der Waals surface area contributed by atoms with Crippen molar-refractivity contribution in [2.75, 3.05) is 6.61 Å². The predicted molar refractivity (Wildman–Crippen MR) is 45.4 cm³/mol. The molecule has 0 aliphatic rings. The van der Waals surface area contributed by atoms with Crippen molar-refractivity contribution < 1.29 is 18.3 Å². The molecule has 0 saturated carbocycles. The Hall–Kier alpha value is -1.36. The number of aliphatic hydroxyl groups excluding tert-OH is 1. The van der Waals surface area contributed by atoms with Crippen molar-refractivity contribution in [2.45, 2.75) is 6.18 Å². The Bertz CT molecular complexity index is 333.